The van der Waals surface area contributed by atoms with E-state index in [4.69, 9.17) is 0 Å². The van der Waals surface area contributed by atoms with E-state index in [0.29, 0.717) is 4.90 Å². The monoisotopic (exact) mass is 242 g/mol. The number of esters is 1. The Bertz CT molecular complexity index is 377. The van der Waals surface area contributed by atoms with Gasteiger partial charge >= 0.3 is 23.8 Å². The predicted octanol–water partition coefficient (Wildman–Crippen LogP) is -0.348. The Morgan fingerprint density at radius 1 is 1.35 bits per heavy atom. The lowest BCUT2D eigenvalue weighted by Gasteiger charge is -2.23. The molecule has 4 amide bonds. The van der Waals surface area contributed by atoms with Crippen LogP contribution in [0.3, 0.4) is 0 Å². The molecule has 0 aromatic rings. The van der Waals surface area contributed by atoms with Crippen molar-refractivity contribution in [3.63, 3.8) is 0 Å². The lowest BCUT2D eigenvalue weighted by molar-refractivity contribution is -0.151. The summed E-state index contributed by atoms with van der Waals surface area (Å²) < 4.78 is 4.53. The molecular formula is C10H14N2O5. The molecule has 1 heterocycles. The van der Waals surface area contributed by atoms with E-state index in [0.717, 1.165) is 7.11 Å². The minimum atomic E-state index is -1.06. The van der Waals surface area contributed by atoms with Crippen molar-refractivity contribution in [1.82, 2.24) is 10.2 Å². The number of methoxy groups -OCH3 is 1. The third kappa shape index (κ3) is 2.61. The van der Waals surface area contributed by atoms with Crippen LogP contribution in [0, 0.1) is 5.92 Å². The number of hydrogen-bond donors (Lipinski definition) is 1. The van der Waals surface area contributed by atoms with Gasteiger partial charge in [-0.3, -0.25) is 14.9 Å². The number of carbonyl (C=O) groups is 4. The highest BCUT2D eigenvalue weighted by atomic mass is 16.5. The van der Waals surface area contributed by atoms with Gasteiger partial charge in [0.25, 0.3) is 0 Å². The number of nitrogens with one attached hydrogen (secondary N) is 1. The highest BCUT2D eigenvalue weighted by Gasteiger charge is 2.44. The first-order chi connectivity index (χ1) is 7.88. The second-order valence-corrected chi connectivity index (χ2v) is 4.10. The molecule has 1 atom stereocenters. The fraction of sp³-hybridized carbons (Fsp3) is 0.600. The number of amides is 4. The van der Waals surface area contributed by atoms with Crippen LogP contribution < -0.4 is 5.32 Å². The van der Waals surface area contributed by atoms with Crippen LogP contribution in [0.1, 0.15) is 20.3 Å². The van der Waals surface area contributed by atoms with Gasteiger partial charge in [-0.2, -0.15) is 0 Å². The van der Waals surface area contributed by atoms with Gasteiger partial charge < -0.3 is 4.74 Å². The van der Waals surface area contributed by atoms with Crippen LogP contribution in [-0.4, -0.2) is 41.9 Å². The van der Waals surface area contributed by atoms with Crippen molar-refractivity contribution in [3.05, 3.63) is 0 Å². The zero-order chi connectivity index (χ0) is 13.2. The lowest BCUT2D eigenvalue weighted by atomic mass is 10.0. The Morgan fingerprint density at radius 2 is 1.94 bits per heavy atom. The molecule has 1 rings (SSSR count). The first-order valence-corrected chi connectivity index (χ1v) is 5.14. The van der Waals surface area contributed by atoms with Gasteiger partial charge in [-0.15, -0.1) is 0 Å². The van der Waals surface area contributed by atoms with Crippen molar-refractivity contribution in [2.24, 2.45) is 5.92 Å². The van der Waals surface area contributed by atoms with E-state index in [1.165, 1.54) is 0 Å². The van der Waals surface area contributed by atoms with Gasteiger partial charge in [0.05, 0.1) is 7.11 Å². The van der Waals surface area contributed by atoms with Crippen molar-refractivity contribution < 1.29 is 23.9 Å². The average molecular weight is 242 g/mol. The third-order valence-corrected chi connectivity index (χ3v) is 2.33. The summed E-state index contributed by atoms with van der Waals surface area (Å²) in [6.07, 6.45) is 0.249. The highest BCUT2D eigenvalue weighted by Crippen LogP contribution is 2.16. The Labute approximate surface area is 98.1 Å². The van der Waals surface area contributed by atoms with E-state index in [1.54, 1.807) is 0 Å². The Kier molecular flexibility index (Phi) is 3.82. The standard InChI is InChI=1S/C10H14N2O5/c1-5(2)4-6(9(15)17-3)12-8(14)7(13)11-10(12)16/h5-6H,4H2,1-3H3,(H,11,13,16). The summed E-state index contributed by atoms with van der Waals surface area (Å²) in [6, 6.07) is -1.94. The largest absolute Gasteiger partial charge is 0.467 e. The van der Waals surface area contributed by atoms with Crippen LogP contribution in [0.5, 0.6) is 0 Å². The SMILES string of the molecule is COC(=O)C(CC(C)C)N1C(=O)NC(=O)C1=O. The maximum absolute atomic E-state index is 11.5. The molecule has 7 heteroatoms. The van der Waals surface area contributed by atoms with Gasteiger partial charge in [-0.05, 0) is 12.3 Å². The summed E-state index contributed by atoms with van der Waals surface area (Å²) in [7, 11) is 1.16. The maximum Gasteiger partial charge on any atom is 0.332 e. The molecule has 0 aromatic carbocycles. The number of ether oxygens (including phenoxy) is 1. The number of carbonyl (C=O) groups excluding carboxylic acids is 4. The van der Waals surface area contributed by atoms with Gasteiger partial charge in [-0.1, -0.05) is 13.8 Å². The minimum Gasteiger partial charge on any atom is -0.467 e. The molecule has 17 heavy (non-hydrogen) atoms. The molecule has 7 nitrogen and oxygen atoms in total. The summed E-state index contributed by atoms with van der Waals surface area (Å²) in [6.45, 7) is 3.66. The Balaban J connectivity index is 2.97. The lowest BCUT2D eigenvalue weighted by Crippen LogP contribution is -2.46. The van der Waals surface area contributed by atoms with E-state index >= 15 is 0 Å². The van der Waals surface area contributed by atoms with Crippen LogP contribution in [0.2, 0.25) is 0 Å². The number of hydrogen-bond acceptors (Lipinski definition) is 5. The maximum atomic E-state index is 11.5. The van der Waals surface area contributed by atoms with Gasteiger partial charge in [0.1, 0.15) is 6.04 Å². The summed E-state index contributed by atoms with van der Waals surface area (Å²) in [5.74, 6) is -2.69. The normalized spacial score (nSPS) is 17.4. The molecule has 1 unspecified atom stereocenters. The molecular weight excluding hydrogens is 228 g/mol. The molecule has 1 aliphatic heterocycles. The van der Waals surface area contributed by atoms with Gasteiger partial charge in [-0.25, -0.2) is 14.5 Å². The van der Waals surface area contributed by atoms with E-state index in [-0.39, 0.29) is 12.3 Å². The van der Waals surface area contributed by atoms with Crippen molar-refractivity contribution in [1.29, 1.82) is 0 Å². The number of rotatable bonds is 4. The molecule has 0 radical (unpaired) electrons. The molecule has 1 fully saturated rings. The van der Waals surface area contributed by atoms with Crippen molar-refractivity contribution in [2.75, 3.05) is 7.11 Å². The molecule has 0 aliphatic carbocycles. The van der Waals surface area contributed by atoms with Crippen molar-refractivity contribution in [2.45, 2.75) is 26.3 Å². The Hall–Kier alpha value is -1.92. The van der Waals surface area contributed by atoms with E-state index < -0.39 is 29.9 Å². The Morgan fingerprint density at radius 3 is 2.29 bits per heavy atom. The van der Waals surface area contributed by atoms with E-state index in [2.05, 4.69) is 4.74 Å². The zero-order valence-corrected chi connectivity index (χ0v) is 9.85. The van der Waals surface area contributed by atoms with Gasteiger partial charge in [0, 0.05) is 0 Å². The molecule has 1 saturated heterocycles. The number of imide groups is 2. The molecule has 1 aliphatic rings. The third-order valence-electron chi connectivity index (χ3n) is 2.33. The van der Waals surface area contributed by atoms with Gasteiger partial charge in [0.15, 0.2) is 0 Å². The van der Waals surface area contributed by atoms with Crippen molar-refractivity contribution >= 4 is 23.8 Å². The summed E-state index contributed by atoms with van der Waals surface area (Å²) in [5.41, 5.74) is 0. The quantitative estimate of drug-likeness (QED) is 0.413. The second kappa shape index (κ2) is 4.94. The molecule has 1 N–H and O–H groups in total. The molecule has 0 aromatic heterocycles. The molecule has 0 spiro atoms. The van der Waals surface area contributed by atoms with E-state index in [1.807, 2.05) is 19.2 Å². The first kappa shape index (κ1) is 13.1. The minimum absolute atomic E-state index is 0.0652. The second-order valence-electron chi connectivity index (χ2n) is 4.10. The molecule has 0 saturated carbocycles. The van der Waals surface area contributed by atoms with Crippen LogP contribution in [0.25, 0.3) is 0 Å². The number of nitrogens with zero attached hydrogens (tertiary/aromatic N) is 1. The summed E-state index contributed by atoms with van der Waals surface area (Å²) in [4.78, 5) is 46.0. The zero-order valence-electron chi connectivity index (χ0n) is 9.85. The van der Waals surface area contributed by atoms with Gasteiger partial charge in [0.2, 0.25) is 0 Å². The number of urea groups is 1. The van der Waals surface area contributed by atoms with Crippen LogP contribution in [-0.2, 0) is 19.1 Å². The first-order valence-electron chi connectivity index (χ1n) is 5.14. The fourth-order valence-corrected chi connectivity index (χ4v) is 1.59. The fourth-order valence-electron chi connectivity index (χ4n) is 1.59. The average Bonchev–Trinajstić information content (AvgIpc) is 2.49. The molecule has 0 bridgehead atoms. The van der Waals surface area contributed by atoms with Crippen LogP contribution >= 0.6 is 0 Å². The predicted molar refractivity (Wildman–Crippen MR) is 55.6 cm³/mol. The topological polar surface area (TPSA) is 92.8 Å². The summed E-state index contributed by atoms with van der Waals surface area (Å²) in [5, 5.41) is 1.84. The highest BCUT2D eigenvalue weighted by molar-refractivity contribution is 6.45. The van der Waals surface area contributed by atoms with Crippen molar-refractivity contribution in [3.8, 4) is 0 Å². The smallest absolute Gasteiger partial charge is 0.332 e. The molecule has 94 valence electrons. The van der Waals surface area contributed by atoms with Crippen LogP contribution in [0.15, 0.2) is 0 Å². The van der Waals surface area contributed by atoms with Crippen LogP contribution in [0.4, 0.5) is 4.79 Å². The summed E-state index contributed by atoms with van der Waals surface area (Å²) >= 11 is 0. The van der Waals surface area contributed by atoms with E-state index in [9.17, 15) is 19.2 Å².